The summed E-state index contributed by atoms with van der Waals surface area (Å²) in [5.41, 5.74) is 0. The van der Waals surface area contributed by atoms with Gasteiger partial charge in [-0.25, -0.2) is 0 Å². The van der Waals surface area contributed by atoms with Gasteiger partial charge < -0.3 is 0 Å². The molecule has 0 amide bonds. The highest BCUT2D eigenvalue weighted by Crippen LogP contribution is 2.14. The van der Waals surface area contributed by atoms with Crippen molar-refractivity contribution in [1.82, 2.24) is 0 Å². The number of hydrogen-bond donors (Lipinski definition) is 0. The van der Waals surface area contributed by atoms with Gasteiger partial charge in [0.25, 0.3) is 0 Å². The highest BCUT2D eigenvalue weighted by atomic mass is 79.9. The second-order valence-corrected chi connectivity index (χ2v) is 6.87. The summed E-state index contributed by atoms with van der Waals surface area (Å²) < 4.78 is 1.06. The second kappa shape index (κ2) is 13.5. The first-order chi connectivity index (χ1) is 7.77. The van der Waals surface area contributed by atoms with Gasteiger partial charge in [0.1, 0.15) is 0 Å². The number of rotatable bonds is 10. The average Bonchev–Trinajstić information content (AvgIpc) is 2.25. The van der Waals surface area contributed by atoms with E-state index in [0.29, 0.717) is 0 Å². The summed E-state index contributed by atoms with van der Waals surface area (Å²) in [6.45, 7) is 2.27. The van der Waals surface area contributed by atoms with Crippen LogP contribution in [-0.2, 0) is 0 Å². The van der Waals surface area contributed by atoms with Crippen LogP contribution in [0.15, 0.2) is 21.6 Å². The molecule has 0 saturated carbocycles. The lowest BCUT2D eigenvalue weighted by atomic mass is 10.1. The van der Waals surface area contributed by atoms with Crippen molar-refractivity contribution in [2.75, 3.05) is 0 Å². The van der Waals surface area contributed by atoms with Gasteiger partial charge in [-0.2, -0.15) is 0 Å². The fourth-order valence-electron chi connectivity index (χ4n) is 1.57. The van der Waals surface area contributed by atoms with Gasteiger partial charge in [-0.15, -0.1) is 0 Å². The Morgan fingerprint density at radius 2 is 1.44 bits per heavy atom. The molecule has 0 aromatic heterocycles. The molecule has 0 aliphatic heterocycles. The zero-order chi connectivity index (χ0) is 12.1. The van der Waals surface area contributed by atoms with E-state index in [1.165, 1.54) is 44.9 Å². The van der Waals surface area contributed by atoms with Crippen molar-refractivity contribution in [3.05, 3.63) is 21.6 Å². The smallest absolute Gasteiger partial charge is 0.0564 e. The van der Waals surface area contributed by atoms with E-state index in [9.17, 15) is 0 Å². The number of allylic oxidation sites excluding steroid dienone is 3. The van der Waals surface area contributed by atoms with E-state index in [-0.39, 0.29) is 0 Å². The molecule has 0 aliphatic carbocycles. The molecule has 0 saturated heterocycles. The third-order valence-corrected chi connectivity index (χ3v) is 3.17. The standard InChI is InChI=1S/C14H24Br2/c1-2-3-4-5-6-7-8-9-10-11-12-13-14(15)16/h9-10,13H,2-8,11-12H2,1H3/b10-9-. The summed E-state index contributed by atoms with van der Waals surface area (Å²) in [6, 6.07) is 0. The first-order valence-corrected chi connectivity index (χ1v) is 8.02. The highest BCUT2D eigenvalue weighted by molar-refractivity contribution is 9.28. The zero-order valence-electron chi connectivity index (χ0n) is 10.4. The lowest BCUT2D eigenvalue weighted by Gasteiger charge is -1.97. The van der Waals surface area contributed by atoms with Crippen LogP contribution in [0, 0.1) is 0 Å². The molecule has 0 atom stereocenters. The maximum Gasteiger partial charge on any atom is 0.0564 e. The molecule has 0 fully saturated rings. The molecular weight excluding hydrogens is 328 g/mol. The van der Waals surface area contributed by atoms with Gasteiger partial charge in [0.05, 0.1) is 3.39 Å². The van der Waals surface area contributed by atoms with Crippen LogP contribution < -0.4 is 0 Å². The summed E-state index contributed by atoms with van der Waals surface area (Å²) in [4.78, 5) is 0. The van der Waals surface area contributed by atoms with Crippen molar-refractivity contribution in [1.29, 1.82) is 0 Å². The molecule has 0 heterocycles. The Hall–Kier alpha value is 0.440. The summed E-state index contributed by atoms with van der Waals surface area (Å²) in [6.07, 6.45) is 18.6. The van der Waals surface area contributed by atoms with Crippen molar-refractivity contribution in [3.8, 4) is 0 Å². The maximum absolute atomic E-state index is 3.35. The zero-order valence-corrected chi connectivity index (χ0v) is 13.5. The fraction of sp³-hybridized carbons (Fsp3) is 0.714. The van der Waals surface area contributed by atoms with Crippen LogP contribution in [0.4, 0.5) is 0 Å². The number of unbranched alkanes of at least 4 members (excludes halogenated alkanes) is 7. The van der Waals surface area contributed by atoms with Gasteiger partial charge in [0.15, 0.2) is 0 Å². The molecule has 2 heteroatoms. The largest absolute Gasteiger partial charge is 0.0885 e. The molecule has 0 rings (SSSR count). The SMILES string of the molecule is CCCCCCCC/C=C\CCC=C(Br)Br. The van der Waals surface area contributed by atoms with Gasteiger partial charge in [-0.05, 0) is 57.5 Å². The normalized spacial score (nSPS) is 10.9. The first kappa shape index (κ1) is 16.4. The van der Waals surface area contributed by atoms with Gasteiger partial charge in [-0.1, -0.05) is 57.3 Å². The van der Waals surface area contributed by atoms with Crippen molar-refractivity contribution in [2.45, 2.75) is 64.7 Å². The van der Waals surface area contributed by atoms with Crippen molar-refractivity contribution in [2.24, 2.45) is 0 Å². The summed E-state index contributed by atoms with van der Waals surface area (Å²) >= 11 is 6.70. The molecule has 0 aromatic rings. The van der Waals surface area contributed by atoms with E-state index in [2.05, 4.69) is 57.0 Å². The van der Waals surface area contributed by atoms with Crippen molar-refractivity contribution in [3.63, 3.8) is 0 Å². The second-order valence-electron chi connectivity index (χ2n) is 4.10. The van der Waals surface area contributed by atoms with Crippen molar-refractivity contribution >= 4 is 31.9 Å². The summed E-state index contributed by atoms with van der Waals surface area (Å²) in [7, 11) is 0. The monoisotopic (exact) mass is 350 g/mol. The molecule has 94 valence electrons. The highest BCUT2D eigenvalue weighted by Gasteiger charge is 1.88. The minimum absolute atomic E-state index is 1.06. The molecule has 0 aromatic carbocycles. The van der Waals surface area contributed by atoms with Crippen molar-refractivity contribution < 1.29 is 0 Å². The van der Waals surface area contributed by atoms with E-state index >= 15 is 0 Å². The first-order valence-electron chi connectivity index (χ1n) is 6.43. The molecule has 0 nitrogen and oxygen atoms in total. The molecule has 0 N–H and O–H groups in total. The summed E-state index contributed by atoms with van der Waals surface area (Å²) in [5.74, 6) is 0. The Bertz CT molecular complexity index is 191. The Morgan fingerprint density at radius 1 is 0.812 bits per heavy atom. The molecule has 0 aliphatic rings. The van der Waals surface area contributed by atoms with Gasteiger partial charge >= 0.3 is 0 Å². The number of hydrogen-bond acceptors (Lipinski definition) is 0. The van der Waals surface area contributed by atoms with Gasteiger partial charge in [-0.3, -0.25) is 0 Å². The van der Waals surface area contributed by atoms with Gasteiger partial charge in [0, 0.05) is 0 Å². The molecular formula is C14H24Br2. The van der Waals surface area contributed by atoms with Crippen LogP contribution in [0.2, 0.25) is 0 Å². The minimum Gasteiger partial charge on any atom is -0.0885 e. The van der Waals surface area contributed by atoms with E-state index in [4.69, 9.17) is 0 Å². The Kier molecular flexibility index (Phi) is 13.9. The van der Waals surface area contributed by atoms with Crippen LogP contribution in [0.25, 0.3) is 0 Å². The Balaban J connectivity index is 3.13. The van der Waals surface area contributed by atoms with E-state index in [1.54, 1.807) is 0 Å². The average molecular weight is 352 g/mol. The predicted octanol–water partition coefficient (Wildman–Crippen LogP) is 6.70. The third-order valence-electron chi connectivity index (χ3n) is 2.52. The van der Waals surface area contributed by atoms with E-state index < -0.39 is 0 Å². The van der Waals surface area contributed by atoms with Crippen LogP contribution in [0.3, 0.4) is 0 Å². The molecule has 0 unspecified atom stereocenters. The Labute approximate surface area is 118 Å². The van der Waals surface area contributed by atoms with Crippen LogP contribution in [-0.4, -0.2) is 0 Å². The molecule has 0 radical (unpaired) electrons. The molecule has 0 bridgehead atoms. The van der Waals surface area contributed by atoms with E-state index in [1.807, 2.05) is 0 Å². The quantitative estimate of drug-likeness (QED) is 0.303. The van der Waals surface area contributed by atoms with Crippen LogP contribution in [0.1, 0.15) is 64.7 Å². The Morgan fingerprint density at radius 3 is 2.12 bits per heavy atom. The fourth-order valence-corrected chi connectivity index (χ4v) is 2.02. The lowest BCUT2D eigenvalue weighted by Crippen LogP contribution is -1.77. The summed E-state index contributed by atoms with van der Waals surface area (Å²) in [5, 5.41) is 0. The molecule has 16 heavy (non-hydrogen) atoms. The van der Waals surface area contributed by atoms with Crippen LogP contribution in [0.5, 0.6) is 0 Å². The molecule has 0 spiro atoms. The third kappa shape index (κ3) is 14.4. The van der Waals surface area contributed by atoms with Gasteiger partial charge in [0.2, 0.25) is 0 Å². The lowest BCUT2D eigenvalue weighted by molar-refractivity contribution is 0.611. The predicted molar refractivity (Wildman–Crippen MR) is 82.3 cm³/mol. The minimum atomic E-state index is 1.06. The maximum atomic E-state index is 3.35. The topological polar surface area (TPSA) is 0 Å². The van der Waals surface area contributed by atoms with Crippen LogP contribution >= 0.6 is 31.9 Å². The van der Waals surface area contributed by atoms with E-state index in [0.717, 1.165) is 16.2 Å². The number of halogens is 2.